The van der Waals surface area contributed by atoms with Gasteiger partial charge in [0.1, 0.15) is 23.7 Å². The van der Waals surface area contributed by atoms with Crippen molar-refractivity contribution in [1.29, 1.82) is 0 Å². The maximum atomic E-state index is 14.4. The summed E-state index contributed by atoms with van der Waals surface area (Å²) in [4.78, 5) is 74.3. The second-order valence-corrected chi connectivity index (χ2v) is 19.3. The molecule has 0 saturated carbocycles. The number of alkyl carbamates (subject to hydrolysis) is 2. The summed E-state index contributed by atoms with van der Waals surface area (Å²) in [6.45, 7) is 7.45. The number of carbonyl (C=O) groups is 4. The summed E-state index contributed by atoms with van der Waals surface area (Å²) >= 11 is 1.83. The van der Waals surface area contributed by atoms with E-state index >= 15 is 0 Å². The van der Waals surface area contributed by atoms with Gasteiger partial charge < -0.3 is 44.6 Å². The van der Waals surface area contributed by atoms with Crippen LogP contribution in [-0.2, 0) is 23.8 Å². The summed E-state index contributed by atoms with van der Waals surface area (Å²) in [6.07, 6.45) is 0.0719. The Labute approximate surface area is 392 Å². The van der Waals surface area contributed by atoms with Crippen molar-refractivity contribution < 1.29 is 33.4 Å². The normalized spacial score (nSPS) is 19.4. The van der Waals surface area contributed by atoms with E-state index < -0.39 is 24.3 Å². The van der Waals surface area contributed by atoms with E-state index in [1.165, 1.54) is 14.2 Å². The number of aromatic nitrogens is 4. The van der Waals surface area contributed by atoms with Crippen molar-refractivity contribution in [3.8, 4) is 11.1 Å². The quantitative estimate of drug-likeness (QED) is 0.0872. The summed E-state index contributed by atoms with van der Waals surface area (Å²) in [5.74, 6) is 1.87. The minimum absolute atomic E-state index is 0.0702. The summed E-state index contributed by atoms with van der Waals surface area (Å²) in [6, 6.07) is 27.9. The third kappa shape index (κ3) is 8.99. The number of hydrogen-bond donors (Lipinski definition) is 4. The fourth-order valence-electron chi connectivity index (χ4n) is 9.91. The first kappa shape index (κ1) is 45.5. The number of fused-ring (bicyclic) bond motifs is 6. The molecule has 9 rings (SSSR count). The molecule has 0 radical (unpaired) electrons. The van der Waals surface area contributed by atoms with Crippen molar-refractivity contribution in [2.75, 3.05) is 46.8 Å². The van der Waals surface area contributed by atoms with E-state index in [2.05, 4.69) is 76.1 Å². The van der Waals surface area contributed by atoms with Crippen LogP contribution >= 0.6 is 11.8 Å². The number of hydrogen-bond acceptors (Lipinski definition) is 10. The number of nitrogens with zero attached hydrogens (tertiary/aromatic N) is 4. The van der Waals surface area contributed by atoms with Gasteiger partial charge in [0.25, 0.3) is 5.91 Å². The number of amides is 4. The zero-order valence-electron chi connectivity index (χ0n) is 38.5. The van der Waals surface area contributed by atoms with Crippen LogP contribution in [0.1, 0.15) is 69.0 Å². The average molecular weight is 925 g/mol. The molecule has 5 aromatic carbocycles. The van der Waals surface area contributed by atoms with Crippen LogP contribution in [0.25, 0.3) is 54.7 Å². The second kappa shape index (κ2) is 19.3. The summed E-state index contributed by atoms with van der Waals surface area (Å²) < 4.78 is 15.3. The lowest BCUT2D eigenvalue weighted by Gasteiger charge is -2.30. The molecule has 0 bridgehead atoms. The maximum absolute atomic E-state index is 14.4. The number of thioether (sulfide) groups is 1. The van der Waals surface area contributed by atoms with Crippen molar-refractivity contribution in [2.24, 2.45) is 11.8 Å². The van der Waals surface area contributed by atoms with Gasteiger partial charge in [-0.2, -0.15) is 11.8 Å². The molecular weight excluding hydrogens is 869 g/mol. The molecule has 0 aliphatic carbocycles. The van der Waals surface area contributed by atoms with Crippen LogP contribution in [0.15, 0.2) is 91.0 Å². The van der Waals surface area contributed by atoms with Crippen molar-refractivity contribution in [3.05, 3.63) is 108 Å². The minimum atomic E-state index is -0.946. The Hall–Kier alpha value is -6.65. The van der Waals surface area contributed by atoms with Crippen molar-refractivity contribution in [3.63, 3.8) is 0 Å². The highest BCUT2D eigenvalue weighted by atomic mass is 32.2. The van der Waals surface area contributed by atoms with Gasteiger partial charge in [0, 0.05) is 42.1 Å². The van der Waals surface area contributed by atoms with E-state index in [1.807, 2.05) is 73.0 Å². The smallest absolute Gasteiger partial charge is 0.407 e. The Bertz CT molecular complexity index is 2970. The van der Waals surface area contributed by atoms with Crippen molar-refractivity contribution in [2.45, 2.75) is 63.0 Å². The number of methoxy groups -OCH3 is 3. The number of nitrogens with one attached hydrogen (secondary N) is 4. The topological polar surface area (TPSA) is 184 Å². The fourth-order valence-corrected chi connectivity index (χ4v) is 11.0. The number of imidazole rings is 2. The van der Waals surface area contributed by atoms with E-state index in [0.717, 1.165) is 72.7 Å². The Morgan fingerprint density at radius 1 is 0.716 bits per heavy atom. The molecule has 0 spiro atoms. The van der Waals surface area contributed by atoms with Crippen LogP contribution in [0.5, 0.6) is 0 Å². The van der Waals surface area contributed by atoms with Gasteiger partial charge in [-0.3, -0.25) is 9.59 Å². The van der Waals surface area contributed by atoms with Gasteiger partial charge >= 0.3 is 12.2 Å². The number of H-pyrrole nitrogens is 2. The third-order valence-corrected chi connectivity index (χ3v) is 14.3. The minimum Gasteiger partial charge on any atom is -0.453 e. The van der Waals surface area contributed by atoms with E-state index in [-0.39, 0.29) is 41.0 Å². The third-order valence-electron chi connectivity index (χ3n) is 13.2. The Morgan fingerprint density at radius 2 is 1.28 bits per heavy atom. The molecule has 2 fully saturated rings. The molecule has 4 amide bonds. The van der Waals surface area contributed by atoms with E-state index in [4.69, 9.17) is 24.2 Å². The van der Waals surface area contributed by atoms with Crippen LogP contribution in [0.4, 0.5) is 9.59 Å². The highest BCUT2D eigenvalue weighted by molar-refractivity contribution is 7.99. The van der Waals surface area contributed by atoms with Crippen LogP contribution in [0.2, 0.25) is 0 Å². The molecule has 2 aromatic heterocycles. The Morgan fingerprint density at radius 3 is 1.84 bits per heavy atom. The van der Waals surface area contributed by atoms with Crippen molar-refractivity contribution in [1.82, 2.24) is 40.4 Å². The van der Waals surface area contributed by atoms with Crippen LogP contribution in [0, 0.1) is 11.8 Å². The van der Waals surface area contributed by atoms with Crippen molar-refractivity contribution >= 4 is 79.4 Å². The molecular formula is C51H56N8O7S. The first-order chi connectivity index (χ1) is 32.5. The number of rotatable bonds is 13. The molecule has 4 N–H and O–H groups in total. The van der Waals surface area contributed by atoms with Gasteiger partial charge in [-0.25, -0.2) is 19.6 Å². The maximum Gasteiger partial charge on any atom is 0.407 e. The first-order valence-electron chi connectivity index (χ1n) is 22.8. The predicted octanol–water partition coefficient (Wildman–Crippen LogP) is 8.82. The van der Waals surface area contributed by atoms with E-state index in [9.17, 15) is 19.2 Å². The lowest BCUT2D eigenvalue weighted by molar-refractivity contribution is -0.136. The van der Waals surface area contributed by atoms with Crippen LogP contribution < -0.4 is 10.6 Å². The van der Waals surface area contributed by atoms with Gasteiger partial charge in [-0.05, 0) is 76.2 Å². The summed E-state index contributed by atoms with van der Waals surface area (Å²) in [5.41, 5.74) is 6.16. The summed E-state index contributed by atoms with van der Waals surface area (Å²) in [5, 5.41) is 9.80. The zero-order valence-corrected chi connectivity index (χ0v) is 39.3. The number of benzene rings is 5. The molecule has 4 heterocycles. The second-order valence-electron chi connectivity index (χ2n) is 17.8. The molecule has 6 atom stereocenters. The number of likely N-dealkylation sites (tertiary alicyclic amines) is 2. The first-order valence-corrected chi connectivity index (χ1v) is 23.8. The largest absolute Gasteiger partial charge is 0.453 e. The average Bonchev–Trinajstić information content (AvgIpc) is 4.17. The molecule has 7 aromatic rings. The van der Waals surface area contributed by atoms with Gasteiger partial charge in [0.05, 0.1) is 55.0 Å². The monoisotopic (exact) mass is 924 g/mol. The SMILES string of the molecule is CCS[C@H]1C[C@@H](c2nc3c(ccc4cc(-c5ccc6c(ccc7[nH]c([C@@H]8C[C@H](COC)CN8C(=O)[C@H](NC(=O)OC)c8ccccc8)nc76)c5)ccc43)[nH]2)N(C(=O)[C@@H](NC(=O)OC)C(C)C)C1. The molecule has 2 aliphatic heterocycles. The van der Waals surface area contributed by atoms with Gasteiger partial charge in [0.15, 0.2) is 0 Å². The highest BCUT2D eigenvalue weighted by Gasteiger charge is 2.43. The lowest BCUT2D eigenvalue weighted by Crippen LogP contribution is -2.51. The predicted molar refractivity (Wildman–Crippen MR) is 261 cm³/mol. The van der Waals surface area contributed by atoms with E-state index in [1.54, 1.807) is 12.0 Å². The lowest BCUT2D eigenvalue weighted by atomic mass is 9.98. The number of aromatic amines is 2. The molecule has 2 aliphatic rings. The zero-order chi connectivity index (χ0) is 46.9. The van der Waals surface area contributed by atoms with Crippen LogP contribution in [-0.4, -0.2) is 112 Å². The fraction of sp³-hybridized carbons (Fsp3) is 0.373. The molecule has 15 nitrogen and oxygen atoms in total. The Balaban J connectivity index is 0.997. The van der Waals surface area contributed by atoms with Gasteiger partial charge in [-0.15, -0.1) is 0 Å². The number of ether oxygens (including phenoxy) is 3. The van der Waals surface area contributed by atoms with E-state index in [0.29, 0.717) is 37.5 Å². The Kier molecular flexibility index (Phi) is 13.1. The molecule has 67 heavy (non-hydrogen) atoms. The molecule has 16 heteroatoms. The molecule has 348 valence electrons. The van der Waals surface area contributed by atoms with Gasteiger partial charge in [0.2, 0.25) is 5.91 Å². The molecule has 0 unspecified atom stereocenters. The highest BCUT2D eigenvalue weighted by Crippen LogP contribution is 2.41. The standard InChI is InChI=1S/C51H56N8O7S/c1-7-67-35-24-41(59(26-35)48(60)42(28(2)3)56-50(62)65-5)47-53-39-20-16-34-23-32(14-18-37(34)45(39)55-47)31-13-17-36-33(22-31)15-19-38-44(36)54-46(52-38)40-21-29(27-64-4)25-58(40)49(61)43(57-51(63)66-6)30-11-9-8-10-12-30/h8-20,22-23,28-29,35,40-43H,7,21,24-27H2,1-6H3,(H,52,54)(H,53,55)(H,56,62)(H,57,63)/t29-,35-,40-,41-,42-,43+/m0/s1. The number of carbonyl (C=O) groups excluding carboxylic acids is 4. The van der Waals surface area contributed by atoms with Gasteiger partial charge in [-0.1, -0.05) is 87.5 Å². The molecule has 2 saturated heterocycles. The summed E-state index contributed by atoms with van der Waals surface area (Å²) in [7, 11) is 4.24. The van der Waals surface area contributed by atoms with Crippen LogP contribution in [0.3, 0.4) is 0 Å².